The zero-order valence-electron chi connectivity index (χ0n) is 17.9. The van der Waals surface area contributed by atoms with Crippen LogP contribution in [0.25, 0.3) is 22.3 Å². The number of hydrogen-bond donors (Lipinski definition) is 1. The van der Waals surface area contributed by atoms with Crippen molar-refractivity contribution in [1.82, 2.24) is 9.97 Å². The number of benzene rings is 3. The Balaban J connectivity index is 1.52. The molecular formula is C26H20N4O3. The molecule has 7 heteroatoms. The van der Waals surface area contributed by atoms with Gasteiger partial charge in [-0.15, -0.1) is 0 Å². The number of fused-ring (bicyclic) bond motifs is 4. The largest absolute Gasteiger partial charge is 0.497 e. The maximum atomic E-state index is 6.30. The molecule has 1 atom stereocenters. The van der Waals surface area contributed by atoms with Crippen LogP contribution in [0.3, 0.4) is 0 Å². The van der Waals surface area contributed by atoms with Crippen LogP contribution in [0.2, 0.25) is 0 Å². The number of ether oxygens (including phenoxy) is 3. The van der Waals surface area contributed by atoms with Gasteiger partial charge in [0, 0.05) is 29.1 Å². The van der Waals surface area contributed by atoms with Crippen molar-refractivity contribution in [3.63, 3.8) is 0 Å². The van der Waals surface area contributed by atoms with Gasteiger partial charge in [-0.1, -0.05) is 24.3 Å². The molecule has 1 spiro atoms. The van der Waals surface area contributed by atoms with Gasteiger partial charge in [0.15, 0.2) is 5.54 Å². The first-order chi connectivity index (χ1) is 16.2. The van der Waals surface area contributed by atoms with Crippen molar-refractivity contribution in [1.29, 1.82) is 0 Å². The minimum Gasteiger partial charge on any atom is -0.497 e. The second kappa shape index (κ2) is 7.34. The number of nitrogens with zero attached hydrogens (tertiary/aromatic N) is 3. The van der Waals surface area contributed by atoms with Gasteiger partial charge >= 0.3 is 0 Å². The van der Waals surface area contributed by atoms with Gasteiger partial charge in [0.25, 0.3) is 6.02 Å². The van der Waals surface area contributed by atoms with Gasteiger partial charge in [0.1, 0.15) is 30.2 Å². The summed E-state index contributed by atoms with van der Waals surface area (Å²) in [6, 6.07) is 20.2. The molecule has 0 saturated heterocycles. The predicted octanol–water partition coefficient (Wildman–Crippen LogP) is 4.51. The maximum absolute atomic E-state index is 6.30. The molecule has 0 radical (unpaired) electrons. The van der Waals surface area contributed by atoms with E-state index in [1.165, 1.54) is 6.33 Å². The first-order valence-corrected chi connectivity index (χ1v) is 10.5. The van der Waals surface area contributed by atoms with Crippen molar-refractivity contribution in [2.75, 3.05) is 13.7 Å². The van der Waals surface area contributed by atoms with Crippen LogP contribution in [0.5, 0.6) is 17.2 Å². The zero-order valence-corrected chi connectivity index (χ0v) is 17.9. The van der Waals surface area contributed by atoms with Gasteiger partial charge in [-0.2, -0.15) is 0 Å². The standard InChI is InChI=1S/C26H20N4O3/c1-31-20-6-2-16(3-7-20)17-4-8-23-21(10-17)26(14-32-25(27)30-26)22-11-18(5-9-24(22)33-23)19-12-28-15-29-13-19/h2-13,15H,14H2,1H3,(H2,27,30)/t26-/m1/s1. The van der Waals surface area contributed by atoms with E-state index in [0.29, 0.717) is 6.61 Å². The first-order valence-electron chi connectivity index (χ1n) is 10.5. The van der Waals surface area contributed by atoms with E-state index in [0.717, 1.165) is 50.6 Å². The third-order valence-electron chi connectivity index (χ3n) is 6.12. The van der Waals surface area contributed by atoms with Crippen LogP contribution in [0.4, 0.5) is 0 Å². The van der Waals surface area contributed by atoms with Crippen molar-refractivity contribution in [3.05, 3.63) is 90.5 Å². The lowest BCUT2D eigenvalue weighted by molar-refractivity contribution is 0.264. The molecule has 0 aliphatic carbocycles. The predicted molar refractivity (Wildman–Crippen MR) is 124 cm³/mol. The monoisotopic (exact) mass is 436 g/mol. The lowest BCUT2D eigenvalue weighted by atomic mass is 9.79. The van der Waals surface area contributed by atoms with Crippen molar-refractivity contribution < 1.29 is 14.2 Å². The molecular weight excluding hydrogens is 416 g/mol. The van der Waals surface area contributed by atoms with Crippen LogP contribution >= 0.6 is 0 Å². The molecule has 2 aliphatic rings. The molecule has 2 aliphatic heterocycles. The molecule has 0 fully saturated rings. The number of methoxy groups -OCH3 is 1. The summed E-state index contributed by atoms with van der Waals surface area (Å²) < 4.78 is 17.3. The highest BCUT2D eigenvalue weighted by Gasteiger charge is 2.47. The number of aromatic nitrogens is 2. The van der Waals surface area contributed by atoms with Gasteiger partial charge in [0.05, 0.1) is 7.11 Å². The second-order valence-corrected chi connectivity index (χ2v) is 7.98. The van der Waals surface area contributed by atoms with Gasteiger partial charge < -0.3 is 19.9 Å². The van der Waals surface area contributed by atoms with E-state index in [1.54, 1.807) is 19.5 Å². The van der Waals surface area contributed by atoms with E-state index in [4.69, 9.17) is 24.9 Å². The SMILES string of the molecule is COc1ccc(-c2ccc3c(c2)[C@]2(COC(N)=N2)c2cc(-c4cncnc4)ccc2O3)cc1. The van der Waals surface area contributed by atoms with Crippen molar-refractivity contribution in [2.45, 2.75) is 5.54 Å². The summed E-state index contributed by atoms with van der Waals surface area (Å²) in [5, 5.41) is 0. The molecule has 7 nitrogen and oxygen atoms in total. The maximum Gasteiger partial charge on any atom is 0.283 e. The Hall–Kier alpha value is -4.39. The Morgan fingerprint density at radius 1 is 0.818 bits per heavy atom. The van der Waals surface area contributed by atoms with E-state index < -0.39 is 5.54 Å². The molecule has 162 valence electrons. The third kappa shape index (κ3) is 3.09. The van der Waals surface area contributed by atoms with Crippen LogP contribution in [0.15, 0.2) is 84.4 Å². The van der Waals surface area contributed by atoms with Gasteiger partial charge in [-0.3, -0.25) is 0 Å². The number of aliphatic imine (C=N–C) groups is 1. The number of hydrogen-bond acceptors (Lipinski definition) is 7. The zero-order chi connectivity index (χ0) is 22.4. The summed E-state index contributed by atoms with van der Waals surface area (Å²) in [6.45, 7) is 0.295. The fraction of sp³-hybridized carbons (Fsp3) is 0.115. The highest BCUT2D eigenvalue weighted by Crippen LogP contribution is 2.52. The first kappa shape index (κ1) is 19.3. The average Bonchev–Trinajstić information content (AvgIpc) is 3.26. The molecule has 4 aromatic rings. The third-order valence-corrected chi connectivity index (χ3v) is 6.12. The van der Waals surface area contributed by atoms with E-state index in [-0.39, 0.29) is 6.02 Å². The summed E-state index contributed by atoms with van der Waals surface area (Å²) in [7, 11) is 1.66. The summed E-state index contributed by atoms with van der Waals surface area (Å²) in [5.74, 6) is 2.27. The average molecular weight is 436 g/mol. The summed E-state index contributed by atoms with van der Waals surface area (Å²) in [5.41, 5.74) is 11.0. The van der Waals surface area contributed by atoms with Gasteiger partial charge in [-0.05, 0) is 53.1 Å². The number of nitrogens with two attached hydrogens (primary N) is 1. The van der Waals surface area contributed by atoms with E-state index in [2.05, 4.69) is 22.1 Å². The molecule has 0 saturated carbocycles. The van der Waals surface area contributed by atoms with Gasteiger partial charge in [0.2, 0.25) is 0 Å². The van der Waals surface area contributed by atoms with E-state index >= 15 is 0 Å². The van der Waals surface area contributed by atoms with Crippen LogP contribution in [-0.2, 0) is 10.3 Å². The molecule has 3 heterocycles. The Morgan fingerprint density at radius 2 is 1.42 bits per heavy atom. The minimum atomic E-state index is -0.804. The fourth-order valence-electron chi connectivity index (χ4n) is 4.45. The molecule has 3 aromatic carbocycles. The highest BCUT2D eigenvalue weighted by molar-refractivity contribution is 5.79. The quantitative estimate of drug-likeness (QED) is 0.508. The molecule has 0 bridgehead atoms. The topological polar surface area (TPSA) is 91.9 Å². The fourth-order valence-corrected chi connectivity index (χ4v) is 4.45. The van der Waals surface area contributed by atoms with E-state index in [1.807, 2.05) is 48.5 Å². The summed E-state index contributed by atoms with van der Waals surface area (Å²) >= 11 is 0. The second-order valence-electron chi connectivity index (χ2n) is 7.98. The molecule has 33 heavy (non-hydrogen) atoms. The van der Waals surface area contributed by atoms with Crippen molar-refractivity contribution >= 4 is 6.02 Å². The Labute approximate surface area is 190 Å². The molecule has 0 unspecified atom stereocenters. The van der Waals surface area contributed by atoms with Crippen molar-refractivity contribution in [3.8, 4) is 39.5 Å². The Kier molecular flexibility index (Phi) is 4.29. The molecule has 2 N–H and O–H groups in total. The summed E-state index contributed by atoms with van der Waals surface area (Å²) in [6.07, 6.45) is 5.08. The van der Waals surface area contributed by atoms with Gasteiger partial charge in [-0.25, -0.2) is 15.0 Å². The van der Waals surface area contributed by atoms with Crippen LogP contribution in [-0.4, -0.2) is 29.7 Å². The normalized spacial score (nSPS) is 18.0. The number of amidine groups is 1. The minimum absolute atomic E-state index is 0.164. The Morgan fingerprint density at radius 3 is 2.00 bits per heavy atom. The molecule has 1 aromatic heterocycles. The summed E-state index contributed by atoms with van der Waals surface area (Å²) in [4.78, 5) is 13.1. The van der Waals surface area contributed by atoms with Crippen LogP contribution < -0.4 is 15.2 Å². The van der Waals surface area contributed by atoms with Crippen LogP contribution in [0.1, 0.15) is 11.1 Å². The highest BCUT2D eigenvalue weighted by atomic mass is 16.5. The molecule has 6 rings (SSSR count). The van der Waals surface area contributed by atoms with Crippen molar-refractivity contribution in [2.24, 2.45) is 10.7 Å². The van der Waals surface area contributed by atoms with E-state index in [9.17, 15) is 0 Å². The smallest absolute Gasteiger partial charge is 0.283 e. The lowest BCUT2D eigenvalue weighted by Crippen LogP contribution is -2.31. The van der Waals surface area contributed by atoms with Crippen LogP contribution in [0, 0.1) is 0 Å². The number of rotatable bonds is 3. The Bertz CT molecular complexity index is 1390. The molecule has 0 amide bonds. The lowest BCUT2D eigenvalue weighted by Gasteiger charge is -2.34.